The molecule has 3 unspecified atom stereocenters. The highest BCUT2D eigenvalue weighted by molar-refractivity contribution is 9.09. The van der Waals surface area contributed by atoms with E-state index in [1.165, 1.54) is 14.7 Å². The smallest absolute Gasteiger partial charge is 0.253 e. The Bertz CT molecular complexity index is 1100. The van der Waals surface area contributed by atoms with Gasteiger partial charge in [0.25, 0.3) is 5.91 Å². The van der Waals surface area contributed by atoms with Crippen molar-refractivity contribution in [1.82, 2.24) is 9.80 Å². The fraction of sp³-hybridized carbons (Fsp3) is 0.519. The Hall–Kier alpha value is -2.20. The van der Waals surface area contributed by atoms with Crippen molar-refractivity contribution in [2.75, 3.05) is 31.6 Å². The van der Waals surface area contributed by atoms with Crippen molar-refractivity contribution in [3.8, 4) is 0 Å². The summed E-state index contributed by atoms with van der Waals surface area (Å²) in [6.45, 7) is 9.53. The summed E-state index contributed by atoms with van der Waals surface area (Å²) in [5, 5.41) is 10.6. The monoisotopic (exact) mass is 593 g/mol. The van der Waals surface area contributed by atoms with E-state index in [2.05, 4.69) is 29.1 Å². The summed E-state index contributed by atoms with van der Waals surface area (Å²) >= 11 is 10.2. The van der Waals surface area contributed by atoms with Crippen LogP contribution in [-0.2, 0) is 19.1 Å². The van der Waals surface area contributed by atoms with Crippen LogP contribution in [0, 0.1) is 11.8 Å². The molecule has 7 atom stereocenters. The van der Waals surface area contributed by atoms with E-state index in [-0.39, 0.29) is 35.7 Å². The van der Waals surface area contributed by atoms with Crippen LogP contribution in [0.5, 0.6) is 0 Å². The van der Waals surface area contributed by atoms with Gasteiger partial charge in [-0.1, -0.05) is 58.7 Å². The highest BCUT2D eigenvalue weighted by atomic mass is 79.9. The van der Waals surface area contributed by atoms with Gasteiger partial charge >= 0.3 is 0 Å². The summed E-state index contributed by atoms with van der Waals surface area (Å²) in [6, 6.07) is 5.32. The van der Waals surface area contributed by atoms with E-state index in [0.29, 0.717) is 30.1 Å². The van der Waals surface area contributed by atoms with Crippen LogP contribution in [0.4, 0.5) is 5.69 Å². The Kier molecular flexibility index (Phi) is 8.19. The lowest BCUT2D eigenvalue weighted by molar-refractivity contribution is -0.146. The number of carbonyl (C=O) groups is 3. The molecule has 4 rings (SSSR count). The average molecular weight is 595 g/mol. The Morgan fingerprint density at radius 3 is 2.57 bits per heavy atom. The topological polar surface area (TPSA) is 90.4 Å². The molecule has 10 heteroatoms. The molecule has 0 aromatic heterocycles. The lowest BCUT2D eigenvalue weighted by Gasteiger charge is -2.39. The molecule has 3 amide bonds. The number of alkyl halides is 1. The van der Waals surface area contributed by atoms with Crippen molar-refractivity contribution >= 4 is 50.9 Å². The highest BCUT2D eigenvalue weighted by Crippen LogP contribution is 2.61. The van der Waals surface area contributed by atoms with Crippen LogP contribution in [0.2, 0.25) is 5.02 Å². The summed E-state index contributed by atoms with van der Waals surface area (Å²) in [7, 11) is 1.66. The first-order chi connectivity index (χ1) is 17.7. The lowest BCUT2D eigenvalue weighted by Crippen LogP contribution is -2.59. The van der Waals surface area contributed by atoms with Gasteiger partial charge in [-0.2, -0.15) is 0 Å². The number of rotatable bonds is 10. The first kappa shape index (κ1) is 27.8. The van der Waals surface area contributed by atoms with E-state index in [1.54, 1.807) is 43.5 Å². The molecule has 3 aliphatic rings. The number of ether oxygens (including phenoxy) is 1. The minimum atomic E-state index is -1.23. The van der Waals surface area contributed by atoms with Gasteiger partial charge in [0.1, 0.15) is 11.6 Å². The maximum atomic E-state index is 14.5. The molecule has 1 N–H and O–H groups in total. The van der Waals surface area contributed by atoms with Gasteiger partial charge in [-0.3, -0.25) is 14.4 Å². The normalized spacial score (nSPS) is 30.7. The van der Waals surface area contributed by atoms with Gasteiger partial charge in [0.2, 0.25) is 11.8 Å². The number of para-hydroxylation sites is 1. The van der Waals surface area contributed by atoms with Crippen molar-refractivity contribution < 1.29 is 24.2 Å². The molecule has 200 valence electrons. The number of benzene rings is 1. The molecule has 3 heterocycles. The number of halogens is 2. The number of anilines is 1. The van der Waals surface area contributed by atoms with Gasteiger partial charge in [-0.15, -0.1) is 13.2 Å². The van der Waals surface area contributed by atoms with E-state index >= 15 is 0 Å². The Balaban J connectivity index is 1.85. The van der Waals surface area contributed by atoms with Crippen molar-refractivity contribution in [3.05, 3.63) is 54.6 Å². The molecule has 0 saturated carbocycles. The second-order valence-corrected chi connectivity index (χ2v) is 11.4. The van der Waals surface area contributed by atoms with Gasteiger partial charge < -0.3 is 24.5 Å². The van der Waals surface area contributed by atoms with Crippen LogP contribution in [0.3, 0.4) is 0 Å². The standard InChI is InChI=1S/C27H33BrClN3O5/c1-5-12-30(4)24(34)20-21-25(35)32(16(7-3)15-33)23(27(21)14-17(28)22(20)37-27)26(36)31(13-6-2)19-11-9-8-10-18(19)29/h5-6,8-11,16-17,20-23,33H,1-2,7,12-15H2,3-4H3/t16-,17?,20+,21-,22+,23?,27?/m0/s1. The summed E-state index contributed by atoms with van der Waals surface area (Å²) < 4.78 is 6.56. The van der Waals surface area contributed by atoms with Crippen molar-refractivity contribution in [2.24, 2.45) is 11.8 Å². The molecular formula is C27H33BrClN3O5. The average Bonchev–Trinajstić information content (AvgIpc) is 3.47. The Morgan fingerprint density at radius 1 is 1.30 bits per heavy atom. The number of hydrogen-bond acceptors (Lipinski definition) is 5. The number of carbonyl (C=O) groups excluding carboxylic acids is 3. The van der Waals surface area contributed by atoms with E-state index in [9.17, 15) is 19.5 Å². The van der Waals surface area contributed by atoms with Crippen LogP contribution >= 0.6 is 27.5 Å². The quantitative estimate of drug-likeness (QED) is 0.332. The number of likely N-dealkylation sites (N-methyl/N-ethyl adjacent to an activating group) is 1. The molecule has 3 saturated heterocycles. The SMILES string of the molecule is C=CCN(C)C(=O)[C@H]1[C@@H]2OC3(CC2Br)C(C(=O)N(CC=C)c2ccccc2Cl)N([C@@H](CC)CO)C(=O)[C@H]13. The number of likely N-dealkylation sites (tertiary alicyclic amines) is 1. The predicted octanol–water partition coefficient (Wildman–Crippen LogP) is 3.02. The Labute approximate surface area is 231 Å². The van der Waals surface area contributed by atoms with Gasteiger partial charge in [-0.25, -0.2) is 0 Å². The maximum Gasteiger partial charge on any atom is 0.253 e. The van der Waals surface area contributed by atoms with Gasteiger partial charge in [0.05, 0.1) is 41.3 Å². The molecule has 0 aliphatic carbocycles. The van der Waals surface area contributed by atoms with Gasteiger partial charge in [0.15, 0.2) is 0 Å². The summed E-state index contributed by atoms with van der Waals surface area (Å²) in [4.78, 5) is 46.5. The summed E-state index contributed by atoms with van der Waals surface area (Å²) in [5.74, 6) is -2.57. The van der Waals surface area contributed by atoms with Crippen molar-refractivity contribution in [1.29, 1.82) is 0 Å². The van der Waals surface area contributed by atoms with Crippen molar-refractivity contribution in [3.63, 3.8) is 0 Å². The molecule has 0 radical (unpaired) electrons. The molecule has 2 bridgehead atoms. The number of nitrogens with zero attached hydrogens (tertiary/aromatic N) is 3. The fourth-order valence-corrected chi connectivity index (χ4v) is 7.41. The summed E-state index contributed by atoms with van der Waals surface area (Å²) in [5.41, 5.74) is -0.745. The molecule has 3 fully saturated rings. The minimum Gasteiger partial charge on any atom is -0.394 e. The van der Waals surface area contributed by atoms with Crippen LogP contribution in [0.1, 0.15) is 19.8 Å². The minimum absolute atomic E-state index is 0.156. The lowest BCUT2D eigenvalue weighted by atomic mass is 9.70. The summed E-state index contributed by atoms with van der Waals surface area (Å²) in [6.07, 6.45) is 3.46. The number of hydrogen-bond donors (Lipinski definition) is 1. The predicted molar refractivity (Wildman–Crippen MR) is 146 cm³/mol. The molecule has 1 aromatic rings. The number of aliphatic hydroxyl groups is 1. The van der Waals surface area contributed by atoms with Crippen LogP contribution in [0.15, 0.2) is 49.6 Å². The zero-order valence-corrected chi connectivity index (χ0v) is 23.4. The molecule has 37 heavy (non-hydrogen) atoms. The molecule has 3 aliphatic heterocycles. The highest BCUT2D eigenvalue weighted by Gasteiger charge is 2.77. The van der Waals surface area contributed by atoms with Crippen LogP contribution < -0.4 is 4.90 Å². The third kappa shape index (κ3) is 4.33. The van der Waals surface area contributed by atoms with E-state index in [4.69, 9.17) is 16.3 Å². The third-order valence-electron chi connectivity index (χ3n) is 7.82. The van der Waals surface area contributed by atoms with Crippen LogP contribution in [-0.4, -0.2) is 88.0 Å². The number of fused-ring (bicyclic) bond motifs is 1. The Morgan fingerprint density at radius 2 is 1.97 bits per heavy atom. The zero-order valence-electron chi connectivity index (χ0n) is 21.1. The number of amides is 3. The third-order valence-corrected chi connectivity index (χ3v) is 8.99. The largest absolute Gasteiger partial charge is 0.394 e. The first-order valence-corrected chi connectivity index (χ1v) is 13.7. The first-order valence-electron chi connectivity index (χ1n) is 12.5. The zero-order chi connectivity index (χ0) is 27.1. The van der Waals surface area contributed by atoms with E-state index < -0.39 is 35.6 Å². The molecule has 1 spiro atoms. The fourth-order valence-electron chi connectivity index (χ4n) is 6.23. The second kappa shape index (κ2) is 10.9. The van der Waals surface area contributed by atoms with Crippen LogP contribution in [0.25, 0.3) is 0 Å². The van der Waals surface area contributed by atoms with E-state index in [0.717, 1.165) is 0 Å². The second-order valence-electron chi connectivity index (χ2n) is 9.85. The maximum absolute atomic E-state index is 14.5. The van der Waals surface area contributed by atoms with Gasteiger partial charge in [-0.05, 0) is 25.0 Å². The molecule has 8 nitrogen and oxygen atoms in total. The van der Waals surface area contributed by atoms with E-state index in [1.807, 2.05) is 6.92 Å². The van der Waals surface area contributed by atoms with Gasteiger partial charge in [0, 0.05) is 25.0 Å². The number of aliphatic hydroxyl groups excluding tert-OH is 1. The molecular weight excluding hydrogens is 562 g/mol. The van der Waals surface area contributed by atoms with Crippen molar-refractivity contribution in [2.45, 2.75) is 48.4 Å². The molecule has 1 aromatic carbocycles.